The number of benzene rings is 3. The highest BCUT2D eigenvalue weighted by Gasteiger charge is 2.23. The van der Waals surface area contributed by atoms with Crippen molar-refractivity contribution < 1.29 is 19.2 Å². The van der Waals surface area contributed by atoms with E-state index in [9.17, 15) is 9.90 Å². The van der Waals surface area contributed by atoms with Crippen LogP contribution in [0.3, 0.4) is 0 Å². The summed E-state index contributed by atoms with van der Waals surface area (Å²) in [5, 5.41) is 14.6. The Balaban J connectivity index is 1.69. The van der Waals surface area contributed by atoms with E-state index in [0.717, 1.165) is 22.3 Å². The highest BCUT2D eigenvalue weighted by Crippen LogP contribution is 2.35. The molecule has 1 N–H and O–H groups in total. The van der Waals surface area contributed by atoms with E-state index in [1.807, 2.05) is 68.4 Å². The highest BCUT2D eigenvalue weighted by atomic mass is 35.5. The average Bonchev–Trinajstić information content (AvgIpc) is 3.22. The maximum absolute atomic E-state index is 11.9. The minimum absolute atomic E-state index is 0.0664. The van der Waals surface area contributed by atoms with Gasteiger partial charge in [-0.25, -0.2) is 4.79 Å². The van der Waals surface area contributed by atoms with Crippen molar-refractivity contribution in [3.8, 4) is 28.1 Å². The standard InChI is InChI=1S/C26H22ClNO4/c1-16(2)25-21(24(28-32-25)19-10-6-7-11-22(19)27)15-31-23-13-12-18(14-20(23)26(29)30)17-8-4-3-5-9-17/h3-14,16H,15H2,1-2H3,(H,29,30). The lowest BCUT2D eigenvalue weighted by atomic mass is 10.0. The topological polar surface area (TPSA) is 72.6 Å². The van der Waals surface area contributed by atoms with Gasteiger partial charge in [-0.3, -0.25) is 0 Å². The summed E-state index contributed by atoms with van der Waals surface area (Å²) in [5.74, 6) is -0.0360. The molecule has 0 unspecified atom stereocenters. The van der Waals surface area contributed by atoms with Crippen LogP contribution in [-0.2, 0) is 6.61 Å². The van der Waals surface area contributed by atoms with Crippen molar-refractivity contribution in [1.29, 1.82) is 0 Å². The van der Waals surface area contributed by atoms with Gasteiger partial charge in [0.05, 0.1) is 10.6 Å². The second-order valence-electron chi connectivity index (χ2n) is 7.68. The van der Waals surface area contributed by atoms with E-state index in [0.29, 0.717) is 16.5 Å². The number of carboxylic acid groups (broad SMARTS) is 1. The third-order valence-corrected chi connectivity index (χ3v) is 5.49. The van der Waals surface area contributed by atoms with Crippen molar-refractivity contribution in [2.45, 2.75) is 26.4 Å². The number of aromatic carboxylic acids is 1. The molecule has 0 amide bonds. The molecule has 0 aliphatic heterocycles. The van der Waals surface area contributed by atoms with Crippen LogP contribution < -0.4 is 4.74 Å². The van der Waals surface area contributed by atoms with Gasteiger partial charge in [0, 0.05) is 11.5 Å². The Morgan fingerprint density at radius 3 is 2.44 bits per heavy atom. The fourth-order valence-electron chi connectivity index (χ4n) is 3.56. The predicted molar refractivity (Wildman–Crippen MR) is 124 cm³/mol. The van der Waals surface area contributed by atoms with E-state index < -0.39 is 5.97 Å². The Kier molecular flexibility index (Phi) is 6.28. The molecule has 0 fully saturated rings. The van der Waals surface area contributed by atoms with Crippen LogP contribution in [0.2, 0.25) is 5.02 Å². The highest BCUT2D eigenvalue weighted by molar-refractivity contribution is 6.33. The van der Waals surface area contributed by atoms with Crippen molar-refractivity contribution in [2.24, 2.45) is 0 Å². The Labute approximate surface area is 191 Å². The summed E-state index contributed by atoms with van der Waals surface area (Å²) in [6.45, 7) is 4.10. The molecule has 4 aromatic rings. The molecule has 0 saturated heterocycles. The monoisotopic (exact) mass is 447 g/mol. The summed E-state index contributed by atoms with van der Waals surface area (Å²) in [4.78, 5) is 11.9. The van der Waals surface area contributed by atoms with Crippen LogP contribution in [0.1, 0.15) is 41.4 Å². The molecular formula is C26H22ClNO4. The van der Waals surface area contributed by atoms with Crippen LogP contribution in [0.4, 0.5) is 0 Å². The van der Waals surface area contributed by atoms with Gasteiger partial charge in [0.15, 0.2) is 0 Å². The number of rotatable bonds is 7. The first-order valence-electron chi connectivity index (χ1n) is 10.2. The van der Waals surface area contributed by atoms with Crippen molar-refractivity contribution >= 4 is 17.6 Å². The predicted octanol–water partition coefficient (Wildman–Crippen LogP) is 7.06. The second kappa shape index (κ2) is 9.28. The molecule has 6 heteroatoms. The van der Waals surface area contributed by atoms with E-state index in [-0.39, 0.29) is 23.8 Å². The molecule has 4 rings (SSSR count). The van der Waals surface area contributed by atoms with Gasteiger partial charge < -0.3 is 14.4 Å². The molecule has 0 aliphatic carbocycles. The fourth-order valence-corrected chi connectivity index (χ4v) is 3.79. The van der Waals surface area contributed by atoms with Crippen molar-refractivity contribution in [1.82, 2.24) is 5.16 Å². The number of carbonyl (C=O) groups is 1. The number of nitrogens with zero attached hydrogens (tertiary/aromatic N) is 1. The maximum Gasteiger partial charge on any atom is 0.339 e. The first-order valence-corrected chi connectivity index (χ1v) is 10.6. The molecule has 0 bridgehead atoms. The van der Waals surface area contributed by atoms with Crippen molar-refractivity contribution in [3.63, 3.8) is 0 Å². The van der Waals surface area contributed by atoms with Crippen LogP contribution >= 0.6 is 11.6 Å². The van der Waals surface area contributed by atoms with Crippen LogP contribution in [0.25, 0.3) is 22.4 Å². The lowest BCUT2D eigenvalue weighted by molar-refractivity contribution is 0.0692. The van der Waals surface area contributed by atoms with Gasteiger partial charge in [-0.15, -0.1) is 0 Å². The zero-order valence-corrected chi connectivity index (χ0v) is 18.5. The Morgan fingerprint density at radius 2 is 1.75 bits per heavy atom. The Hall–Kier alpha value is -3.57. The Morgan fingerprint density at radius 1 is 1.03 bits per heavy atom. The molecule has 0 spiro atoms. The quantitative estimate of drug-likeness (QED) is 0.328. The Bertz CT molecular complexity index is 1250. The maximum atomic E-state index is 11.9. The molecule has 32 heavy (non-hydrogen) atoms. The van der Waals surface area contributed by atoms with Gasteiger partial charge in [-0.2, -0.15) is 0 Å². The smallest absolute Gasteiger partial charge is 0.339 e. The van der Waals surface area contributed by atoms with Crippen LogP contribution in [0, 0.1) is 0 Å². The van der Waals surface area contributed by atoms with Gasteiger partial charge >= 0.3 is 5.97 Å². The SMILES string of the molecule is CC(C)c1onc(-c2ccccc2Cl)c1COc1ccc(-c2ccccc2)cc1C(=O)O. The minimum atomic E-state index is -1.06. The van der Waals surface area contributed by atoms with Gasteiger partial charge in [0.25, 0.3) is 0 Å². The third-order valence-electron chi connectivity index (χ3n) is 5.16. The number of aromatic nitrogens is 1. The molecule has 1 heterocycles. The normalized spacial score (nSPS) is 11.0. The fraction of sp³-hybridized carbons (Fsp3) is 0.154. The second-order valence-corrected chi connectivity index (χ2v) is 8.09. The number of hydrogen-bond acceptors (Lipinski definition) is 4. The van der Waals surface area contributed by atoms with E-state index in [4.69, 9.17) is 20.9 Å². The van der Waals surface area contributed by atoms with E-state index in [2.05, 4.69) is 5.16 Å². The van der Waals surface area contributed by atoms with Gasteiger partial charge in [-0.05, 0) is 29.3 Å². The first kappa shape index (κ1) is 21.7. The summed E-state index contributed by atoms with van der Waals surface area (Å²) in [6.07, 6.45) is 0. The van der Waals surface area contributed by atoms with E-state index in [1.54, 1.807) is 18.2 Å². The molecule has 5 nitrogen and oxygen atoms in total. The molecular weight excluding hydrogens is 426 g/mol. The number of hydrogen-bond donors (Lipinski definition) is 1. The number of ether oxygens (including phenoxy) is 1. The molecule has 1 aromatic heterocycles. The van der Waals surface area contributed by atoms with Crippen LogP contribution in [0.15, 0.2) is 77.3 Å². The average molecular weight is 448 g/mol. The summed E-state index contributed by atoms with van der Waals surface area (Å²) < 4.78 is 11.6. The minimum Gasteiger partial charge on any atom is -0.488 e. The summed E-state index contributed by atoms with van der Waals surface area (Å²) in [6, 6.07) is 22.1. The lowest BCUT2D eigenvalue weighted by Crippen LogP contribution is -2.06. The summed E-state index contributed by atoms with van der Waals surface area (Å²) >= 11 is 6.38. The van der Waals surface area contributed by atoms with Gasteiger partial charge in [-0.1, -0.05) is 85.2 Å². The molecule has 0 radical (unpaired) electrons. The van der Waals surface area contributed by atoms with Crippen molar-refractivity contribution in [2.75, 3.05) is 0 Å². The van der Waals surface area contributed by atoms with Gasteiger partial charge in [0.1, 0.15) is 29.4 Å². The summed E-state index contributed by atoms with van der Waals surface area (Å²) in [5.41, 5.74) is 3.91. The van der Waals surface area contributed by atoms with E-state index >= 15 is 0 Å². The lowest BCUT2D eigenvalue weighted by Gasteiger charge is -2.13. The van der Waals surface area contributed by atoms with Crippen molar-refractivity contribution in [3.05, 3.63) is 94.7 Å². The largest absolute Gasteiger partial charge is 0.488 e. The molecule has 0 aliphatic rings. The summed E-state index contributed by atoms with van der Waals surface area (Å²) in [7, 11) is 0. The van der Waals surface area contributed by atoms with Gasteiger partial charge in [0.2, 0.25) is 0 Å². The first-order chi connectivity index (χ1) is 15.5. The molecule has 162 valence electrons. The zero-order chi connectivity index (χ0) is 22.7. The number of carboxylic acids is 1. The molecule has 0 saturated carbocycles. The van der Waals surface area contributed by atoms with Crippen LogP contribution in [0.5, 0.6) is 5.75 Å². The third kappa shape index (κ3) is 4.39. The zero-order valence-electron chi connectivity index (χ0n) is 17.7. The van der Waals surface area contributed by atoms with Crippen LogP contribution in [-0.4, -0.2) is 16.2 Å². The number of halogens is 1. The van der Waals surface area contributed by atoms with E-state index in [1.165, 1.54) is 0 Å². The molecule has 3 aromatic carbocycles. The molecule has 0 atom stereocenters.